The summed E-state index contributed by atoms with van der Waals surface area (Å²) in [6, 6.07) is 18.1. The fourth-order valence-electron chi connectivity index (χ4n) is 3.91. The van der Waals surface area contributed by atoms with E-state index >= 15 is 0 Å². The number of amides is 2. The van der Waals surface area contributed by atoms with Gasteiger partial charge in [0.25, 0.3) is 11.8 Å². The number of carbonyl (C=O) groups is 2. The second kappa shape index (κ2) is 9.38. The van der Waals surface area contributed by atoms with Crippen molar-refractivity contribution in [2.75, 3.05) is 10.6 Å². The van der Waals surface area contributed by atoms with Crippen molar-refractivity contribution in [2.45, 2.75) is 32.2 Å². The molecule has 7 nitrogen and oxygen atoms in total. The monoisotopic (exact) mass is 457 g/mol. The van der Waals surface area contributed by atoms with Crippen molar-refractivity contribution in [3.05, 3.63) is 82.3 Å². The van der Waals surface area contributed by atoms with Crippen molar-refractivity contribution in [1.29, 1.82) is 0 Å². The van der Waals surface area contributed by atoms with Gasteiger partial charge in [0.1, 0.15) is 5.82 Å². The first-order valence-corrected chi connectivity index (χ1v) is 11.8. The molecule has 0 fully saturated rings. The SMILES string of the molecule is O=C(Nc1ccc(-c2nnc3n2CCCCC3)cc1)c1ccc(NC(=O)c2cccs2)cc1. The lowest BCUT2D eigenvalue weighted by atomic mass is 10.1. The largest absolute Gasteiger partial charge is 0.322 e. The van der Waals surface area contributed by atoms with Crippen LogP contribution in [0.25, 0.3) is 11.4 Å². The molecular formula is C25H23N5O2S. The van der Waals surface area contributed by atoms with E-state index in [0.29, 0.717) is 21.8 Å². The molecule has 8 heteroatoms. The molecule has 2 aromatic heterocycles. The van der Waals surface area contributed by atoms with Crippen molar-refractivity contribution < 1.29 is 9.59 Å². The lowest BCUT2D eigenvalue weighted by molar-refractivity contribution is 0.102. The predicted octanol–water partition coefficient (Wildman–Crippen LogP) is 5.24. The maximum absolute atomic E-state index is 12.7. The van der Waals surface area contributed by atoms with Gasteiger partial charge in [0.15, 0.2) is 5.82 Å². The van der Waals surface area contributed by atoms with Gasteiger partial charge in [-0.3, -0.25) is 9.59 Å². The van der Waals surface area contributed by atoms with Crippen LogP contribution in [-0.2, 0) is 13.0 Å². The summed E-state index contributed by atoms with van der Waals surface area (Å²) in [4.78, 5) is 25.4. The predicted molar refractivity (Wildman–Crippen MR) is 130 cm³/mol. The molecule has 1 aliphatic heterocycles. The van der Waals surface area contributed by atoms with Crippen molar-refractivity contribution in [1.82, 2.24) is 14.8 Å². The summed E-state index contributed by atoms with van der Waals surface area (Å²) in [5, 5.41) is 16.4. The molecule has 0 unspecified atom stereocenters. The van der Waals surface area contributed by atoms with E-state index in [1.54, 1.807) is 30.3 Å². The zero-order chi connectivity index (χ0) is 22.6. The second-order valence-corrected chi connectivity index (χ2v) is 8.89. The van der Waals surface area contributed by atoms with Gasteiger partial charge < -0.3 is 15.2 Å². The maximum Gasteiger partial charge on any atom is 0.265 e. The van der Waals surface area contributed by atoms with E-state index in [1.165, 1.54) is 17.8 Å². The van der Waals surface area contributed by atoms with Gasteiger partial charge in [0, 0.05) is 35.5 Å². The summed E-state index contributed by atoms with van der Waals surface area (Å²) < 4.78 is 2.21. The van der Waals surface area contributed by atoms with Crippen LogP contribution in [0.1, 0.15) is 45.1 Å². The van der Waals surface area contributed by atoms with Gasteiger partial charge in [-0.1, -0.05) is 12.5 Å². The average molecular weight is 458 g/mol. The van der Waals surface area contributed by atoms with Gasteiger partial charge in [-0.05, 0) is 72.8 Å². The van der Waals surface area contributed by atoms with Crippen LogP contribution in [0.2, 0.25) is 0 Å². The van der Waals surface area contributed by atoms with E-state index < -0.39 is 0 Å². The fourth-order valence-corrected chi connectivity index (χ4v) is 4.53. The van der Waals surface area contributed by atoms with E-state index in [9.17, 15) is 9.59 Å². The van der Waals surface area contributed by atoms with Crippen LogP contribution in [0.15, 0.2) is 66.0 Å². The standard InChI is InChI=1S/C25H23N5O2S/c31-24(18-9-13-20(14-10-18)27-25(32)21-5-4-16-33-21)26-19-11-7-17(8-12-19)23-29-28-22-6-2-1-3-15-30(22)23/h4-5,7-14,16H,1-3,6,15H2,(H,26,31)(H,27,32). The van der Waals surface area contributed by atoms with Gasteiger partial charge in [-0.2, -0.15) is 0 Å². The van der Waals surface area contributed by atoms with Gasteiger partial charge in [-0.15, -0.1) is 21.5 Å². The molecule has 0 bridgehead atoms. The second-order valence-electron chi connectivity index (χ2n) is 7.94. The molecular weight excluding hydrogens is 434 g/mol. The lowest BCUT2D eigenvalue weighted by Gasteiger charge is -2.09. The summed E-state index contributed by atoms with van der Waals surface area (Å²) in [7, 11) is 0. The average Bonchev–Trinajstić information content (AvgIpc) is 3.46. The number of fused-ring (bicyclic) bond motifs is 1. The molecule has 4 aromatic rings. The number of benzene rings is 2. The first-order chi connectivity index (χ1) is 16.2. The number of anilines is 2. The third kappa shape index (κ3) is 4.70. The number of nitrogens with one attached hydrogen (secondary N) is 2. The van der Waals surface area contributed by atoms with Gasteiger partial charge in [-0.25, -0.2) is 0 Å². The molecule has 0 aliphatic carbocycles. The Balaban J connectivity index is 1.23. The fraction of sp³-hybridized carbons (Fsp3) is 0.200. The van der Waals surface area contributed by atoms with Crippen molar-refractivity contribution in [3.8, 4) is 11.4 Å². The highest BCUT2D eigenvalue weighted by molar-refractivity contribution is 7.12. The molecule has 0 saturated carbocycles. The number of aryl methyl sites for hydroxylation is 1. The maximum atomic E-state index is 12.7. The zero-order valence-electron chi connectivity index (χ0n) is 18.0. The Hall–Kier alpha value is -3.78. The minimum absolute atomic E-state index is 0.160. The molecule has 166 valence electrons. The zero-order valence-corrected chi connectivity index (χ0v) is 18.8. The minimum Gasteiger partial charge on any atom is -0.322 e. The molecule has 1 aliphatic rings. The van der Waals surface area contributed by atoms with E-state index in [0.717, 1.165) is 43.0 Å². The highest BCUT2D eigenvalue weighted by atomic mass is 32.1. The summed E-state index contributed by atoms with van der Waals surface area (Å²) in [5.41, 5.74) is 2.84. The number of hydrogen-bond acceptors (Lipinski definition) is 5. The lowest BCUT2D eigenvalue weighted by Crippen LogP contribution is -2.13. The highest BCUT2D eigenvalue weighted by Crippen LogP contribution is 2.24. The quantitative estimate of drug-likeness (QED) is 0.429. The Morgan fingerprint density at radius 1 is 0.818 bits per heavy atom. The molecule has 0 spiro atoms. The van der Waals surface area contributed by atoms with Gasteiger partial charge >= 0.3 is 0 Å². The van der Waals surface area contributed by atoms with E-state index in [2.05, 4.69) is 25.4 Å². The van der Waals surface area contributed by atoms with Crippen LogP contribution in [0.5, 0.6) is 0 Å². The van der Waals surface area contributed by atoms with Crippen LogP contribution in [-0.4, -0.2) is 26.6 Å². The number of aromatic nitrogens is 3. The molecule has 33 heavy (non-hydrogen) atoms. The van der Waals surface area contributed by atoms with E-state index in [1.807, 2.05) is 35.7 Å². The Kier molecular flexibility index (Phi) is 5.99. The van der Waals surface area contributed by atoms with Crippen LogP contribution >= 0.6 is 11.3 Å². The molecule has 0 saturated heterocycles. The summed E-state index contributed by atoms with van der Waals surface area (Å²) in [6.07, 6.45) is 4.49. The van der Waals surface area contributed by atoms with Crippen molar-refractivity contribution >= 4 is 34.5 Å². The van der Waals surface area contributed by atoms with E-state index in [4.69, 9.17) is 0 Å². The van der Waals surface area contributed by atoms with Crippen LogP contribution in [0, 0.1) is 0 Å². The van der Waals surface area contributed by atoms with Crippen LogP contribution in [0.3, 0.4) is 0 Å². The van der Waals surface area contributed by atoms with Crippen molar-refractivity contribution in [3.63, 3.8) is 0 Å². The van der Waals surface area contributed by atoms with E-state index in [-0.39, 0.29) is 11.8 Å². The van der Waals surface area contributed by atoms with Crippen LogP contribution < -0.4 is 10.6 Å². The summed E-state index contributed by atoms with van der Waals surface area (Å²) in [5.74, 6) is 1.56. The van der Waals surface area contributed by atoms with Crippen molar-refractivity contribution in [2.24, 2.45) is 0 Å². The molecule has 2 aromatic carbocycles. The Morgan fingerprint density at radius 2 is 1.55 bits per heavy atom. The molecule has 5 rings (SSSR count). The minimum atomic E-state index is -0.213. The topological polar surface area (TPSA) is 88.9 Å². The first-order valence-electron chi connectivity index (χ1n) is 11.0. The summed E-state index contributed by atoms with van der Waals surface area (Å²) in [6.45, 7) is 0.944. The van der Waals surface area contributed by atoms with Crippen LogP contribution in [0.4, 0.5) is 11.4 Å². The third-order valence-electron chi connectivity index (χ3n) is 5.66. The smallest absolute Gasteiger partial charge is 0.265 e. The molecule has 0 atom stereocenters. The number of nitrogens with zero attached hydrogens (tertiary/aromatic N) is 3. The first kappa shape index (κ1) is 21.1. The Morgan fingerprint density at radius 3 is 2.27 bits per heavy atom. The normalized spacial score (nSPS) is 13.1. The number of hydrogen-bond donors (Lipinski definition) is 2. The highest BCUT2D eigenvalue weighted by Gasteiger charge is 2.16. The number of thiophene rings is 1. The Bertz CT molecular complexity index is 1260. The van der Waals surface area contributed by atoms with Gasteiger partial charge in [0.05, 0.1) is 4.88 Å². The molecule has 0 radical (unpaired) electrons. The summed E-state index contributed by atoms with van der Waals surface area (Å²) >= 11 is 1.38. The Labute approximate surface area is 195 Å². The number of carbonyl (C=O) groups excluding carboxylic acids is 2. The number of rotatable bonds is 5. The molecule has 2 N–H and O–H groups in total. The third-order valence-corrected chi connectivity index (χ3v) is 6.53. The van der Waals surface area contributed by atoms with Gasteiger partial charge in [0.2, 0.25) is 0 Å². The molecule has 2 amide bonds. The molecule has 3 heterocycles.